The summed E-state index contributed by atoms with van der Waals surface area (Å²) in [5.74, 6) is 2.44. The number of hydrogen-bond donors (Lipinski definition) is 1. The van der Waals surface area contributed by atoms with Crippen LogP contribution in [0.25, 0.3) is 0 Å². The van der Waals surface area contributed by atoms with Gasteiger partial charge in [0.05, 0.1) is 19.8 Å². The zero-order chi connectivity index (χ0) is 18.1. The van der Waals surface area contributed by atoms with E-state index in [2.05, 4.69) is 39.4 Å². The van der Waals surface area contributed by atoms with E-state index in [1.165, 1.54) is 18.4 Å². The highest BCUT2D eigenvalue weighted by Crippen LogP contribution is 2.43. The van der Waals surface area contributed by atoms with Crippen molar-refractivity contribution < 1.29 is 9.47 Å². The second-order valence-corrected chi connectivity index (χ2v) is 7.98. The third-order valence-corrected chi connectivity index (χ3v) is 5.90. The molecule has 2 aromatic carbocycles. The molecule has 1 spiro atoms. The second-order valence-electron chi connectivity index (χ2n) is 7.06. The van der Waals surface area contributed by atoms with Crippen molar-refractivity contribution in [3.63, 3.8) is 0 Å². The molecule has 136 valence electrons. The van der Waals surface area contributed by atoms with Crippen LogP contribution < -0.4 is 14.8 Å². The number of rotatable bonds is 3. The van der Waals surface area contributed by atoms with Crippen LogP contribution in [0.2, 0.25) is 0 Å². The highest BCUT2D eigenvalue weighted by molar-refractivity contribution is 9.10. The summed E-state index contributed by atoms with van der Waals surface area (Å²) in [6, 6.07) is 12.3. The van der Waals surface area contributed by atoms with Gasteiger partial charge in [-0.15, -0.1) is 0 Å². The van der Waals surface area contributed by atoms with Gasteiger partial charge in [-0.2, -0.15) is 0 Å². The molecule has 26 heavy (non-hydrogen) atoms. The van der Waals surface area contributed by atoms with Crippen molar-refractivity contribution in [3.05, 3.63) is 52.0 Å². The number of methoxy groups -OCH3 is 2. The molecule has 2 aromatic rings. The molecule has 2 aliphatic rings. The molecule has 1 fully saturated rings. The summed E-state index contributed by atoms with van der Waals surface area (Å²) in [6.07, 6.45) is 5.75. The molecule has 0 saturated heterocycles. The lowest BCUT2D eigenvalue weighted by molar-refractivity contribution is 0.353. The minimum absolute atomic E-state index is 0.0182. The van der Waals surface area contributed by atoms with Gasteiger partial charge in [0.25, 0.3) is 0 Å². The first kappa shape index (κ1) is 17.4. The standard InChI is InChI=1S/C21H23BrN2O2/c1-25-18-11-14-13-21(9-3-4-10-21)24-20(17(14)12-19(18)26-2)23-16-7-5-15(22)6-8-16/h5-8,11-12H,3-4,9-10,13H2,1-2H3,(H,23,24). The van der Waals surface area contributed by atoms with Gasteiger partial charge >= 0.3 is 0 Å². The first-order chi connectivity index (χ1) is 12.6. The van der Waals surface area contributed by atoms with Crippen LogP contribution in [0.15, 0.2) is 45.9 Å². The van der Waals surface area contributed by atoms with Crippen LogP contribution in [0.5, 0.6) is 11.5 Å². The Kier molecular flexibility index (Phi) is 4.65. The van der Waals surface area contributed by atoms with Crippen LogP contribution in [0, 0.1) is 0 Å². The molecule has 0 aromatic heterocycles. The monoisotopic (exact) mass is 414 g/mol. The quantitative estimate of drug-likeness (QED) is 0.750. The average molecular weight is 415 g/mol. The van der Waals surface area contributed by atoms with Crippen molar-refractivity contribution in [3.8, 4) is 11.5 Å². The van der Waals surface area contributed by atoms with Crippen molar-refractivity contribution in [1.29, 1.82) is 0 Å². The van der Waals surface area contributed by atoms with Gasteiger partial charge < -0.3 is 14.8 Å². The first-order valence-corrected chi connectivity index (χ1v) is 9.79. The van der Waals surface area contributed by atoms with Gasteiger partial charge in [-0.05, 0) is 61.2 Å². The molecule has 0 atom stereocenters. The van der Waals surface area contributed by atoms with Crippen LogP contribution in [-0.4, -0.2) is 25.6 Å². The molecule has 1 aliphatic carbocycles. The average Bonchev–Trinajstić information content (AvgIpc) is 3.10. The Labute approximate surface area is 162 Å². The number of benzene rings is 2. The lowest BCUT2D eigenvalue weighted by Gasteiger charge is -2.33. The van der Waals surface area contributed by atoms with Gasteiger partial charge in [-0.1, -0.05) is 28.8 Å². The molecule has 1 saturated carbocycles. The van der Waals surface area contributed by atoms with E-state index in [1.807, 2.05) is 18.2 Å². The molecule has 1 aliphatic heterocycles. The molecule has 0 radical (unpaired) electrons. The van der Waals surface area contributed by atoms with E-state index in [4.69, 9.17) is 14.5 Å². The maximum atomic E-state index is 5.53. The topological polar surface area (TPSA) is 42.9 Å². The number of fused-ring (bicyclic) bond motifs is 1. The predicted molar refractivity (Wildman–Crippen MR) is 109 cm³/mol. The predicted octanol–water partition coefficient (Wildman–Crippen LogP) is 5.19. The van der Waals surface area contributed by atoms with Crippen molar-refractivity contribution >= 4 is 27.5 Å². The first-order valence-electron chi connectivity index (χ1n) is 9.00. The fraction of sp³-hybridized carbons (Fsp3) is 0.381. The van der Waals surface area contributed by atoms with E-state index in [-0.39, 0.29) is 5.54 Å². The van der Waals surface area contributed by atoms with E-state index in [0.29, 0.717) is 0 Å². The fourth-order valence-corrected chi connectivity index (χ4v) is 4.33. The number of anilines is 1. The number of nitrogens with one attached hydrogen (secondary N) is 1. The number of amidine groups is 1. The lowest BCUT2D eigenvalue weighted by atomic mass is 9.84. The summed E-state index contributed by atoms with van der Waals surface area (Å²) in [5.41, 5.74) is 3.43. The highest BCUT2D eigenvalue weighted by atomic mass is 79.9. The summed E-state index contributed by atoms with van der Waals surface area (Å²) < 4.78 is 12.1. The number of hydrogen-bond acceptors (Lipinski definition) is 4. The molecular weight excluding hydrogens is 392 g/mol. The summed E-state index contributed by atoms with van der Waals surface area (Å²) in [6.45, 7) is 0. The van der Waals surface area contributed by atoms with E-state index in [9.17, 15) is 0 Å². The van der Waals surface area contributed by atoms with Gasteiger partial charge in [0.15, 0.2) is 11.5 Å². The lowest BCUT2D eigenvalue weighted by Crippen LogP contribution is -2.35. The SMILES string of the molecule is COc1cc2c(cc1OC)C(Nc1ccc(Br)cc1)=NC1(CCCC1)C2. The molecule has 0 unspecified atom stereocenters. The van der Waals surface area contributed by atoms with E-state index < -0.39 is 0 Å². The molecule has 4 nitrogen and oxygen atoms in total. The minimum Gasteiger partial charge on any atom is -0.493 e. The van der Waals surface area contributed by atoms with Gasteiger partial charge in [-0.25, -0.2) is 0 Å². The van der Waals surface area contributed by atoms with Gasteiger partial charge in [0.2, 0.25) is 0 Å². The van der Waals surface area contributed by atoms with Crippen molar-refractivity contribution in [2.24, 2.45) is 4.99 Å². The Balaban J connectivity index is 1.78. The third-order valence-electron chi connectivity index (χ3n) is 5.37. The van der Waals surface area contributed by atoms with Gasteiger partial charge in [-0.3, -0.25) is 4.99 Å². The van der Waals surface area contributed by atoms with E-state index >= 15 is 0 Å². The van der Waals surface area contributed by atoms with Crippen LogP contribution >= 0.6 is 15.9 Å². The second kappa shape index (κ2) is 6.95. The maximum Gasteiger partial charge on any atom is 0.161 e. The Morgan fingerprint density at radius 2 is 1.65 bits per heavy atom. The Morgan fingerprint density at radius 3 is 2.31 bits per heavy atom. The van der Waals surface area contributed by atoms with Crippen LogP contribution in [0.3, 0.4) is 0 Å². The van der Waals surface area contributed by atoms with Crippen molar-refractivity contribution in [2.75, 3.05) is 19.5 Å². The van der Waals surface area contributed by atoms with E-state index in [1.54, 1.807) is 14.2 Å². The van der Waals surface area contributed by atoms with Crippen molar-refractivity contribution in [1.82, 2.24) is 0 Å². The normalized spacial score (nSPS) is 17.6. The Bertz CT molecular complexity index is 840. The summed E-state index contributed by atoms with van der Waals surface area (Å²) in [5, 5.41) is 3.54. The largest absolute Gasteiger partial charge is 0.493 e. The number of nitrogens with zero attached hydrogens (tertiary/aromatic N) is 1. The molecular formula is C21H23BrN2O2. The molecule has 1 heterocycles. The van der Waals surface area contributed by atoms with Crippen molar-refractivity contribution in [2.45, 2.75) is 37.6 Å². The zero-order valence-electron chi connectivity index (χ0n) is 15.1. The minimum atomic E-state index is 0.0182. The summed E-state index contributed by atoms with van der Waals surface area (Å²) in [7, 11) is 3.36. The van der Waals surface area contributed by atoms with Crippen LogP contribution in [-0.2, 0) is 6.42 Å². The molecule has 4 rings (SSSR count). The number of ether oxygens (including phenoxy) is 2. The zero-order valence-corrected chi connectivity index (χ0v) is 16.7. The number of aliphatic imine (C=N–C) groups is 1. The fourth-order valence-electron chi connectivity index (χ4n) is 4.07. The molecule has 1 N–H and O–H groups in total. The molecule has 0 bridgehead atoms. The van der Waals surface area contributed by atoms with Crippen LogP contribution in [0.1, 0.15) is 36.8 Å². The third kappa shape index (κ3) is 3.20. The van der Waals surface area contributed by atoms with E-state index in [0.717, 1.165) is 52.3 Å². The Morgan fingerprint density at radius 1 is 1.00 bits per heavy atom. The molecule has 0 amide bonds. The van der Waals surface area contributed by atoms with Gasteiger partial charge in [0.1, 0.15) is 5.84 Å². The Hall–Kier alpha value is -2.01. The van der Waals surface area contributed by atoms with Gasteiger partial charge in [0, 0.05) is 15.7 Å². The highest BCUT2D eigenvalue weighted by Gasteiger charge is 2.38. The van der Waals surface area contributed by atoms with Crippen LogP contribution in [0.4, 0.5) is 5.69 Å². The summed E-state index contributed by atoms with van der Waals surface area (Å²) in [4.78, 5) is 5.20. The maximum absolute atomic E-state index is 5.53. The smallest absolute Gasteiger partial charge is 0.161 e. The number of halogens is 1. The molecule has 5 heteroatoms. The summed E-state index contributed by atoms with van der Waals surface area (Å²) >= 11 is 3.49.